The second kappa shape index (κ2) is 11.2. The Kier molecular flexibility index (Phi) is 9.71. The number of nitrogens with one attached hydrogen (secondary N) is 1. The van der Waals surface area contributed by atoms with Gasteiger partial charge in [0.1, 0.15) is 18.1 Å². The number of ether oxygens (including phenoxy) is 2. The van der Waals surface area contributed by atoms with Gasteiger partial charge in [0.05, 0.1) is 30.9 Å². The van der Waals surface area contributed by atoms with E-state index in [9.17, 15) is 0 Å². The van der Waals surface area contributed by atoms with E-state index >= 15 is 0 Å². The molecule has 8 heteroatoms. The van der Waals surface area contributed by atoms with Crippen LogP contribution in [0.1, 0.15) is 15.6 Å². The molecule has 6 nitrogen and oxygen atoms in total. The Morgan fingerprint density at radius 2 is 1.88 bits per heavy atom. The maximum absolute atomic E-state index is 5.77. The number of nitrogens with zero attached hydrogens (tertiary/aromatic N) is 3. The lowest BCUT2D eigenvalue weighted by Crippen LogP contribution is -2.40. The summed E-state index contributed by atoms with van der Waals surface area (Å²) in [6, 6.07) is 7.58. The number of aryl methyl sites for hydroxylation is 2. The Bertz CT molecular complexity index is 704. The first-order valence-electron chi connectivity index (χ1n) is 8.15. The molecule has 0 bridgehead atoms. The van der Waals surface area contributed by atoms with Gasteiger partial charge in [-0.3, -0.25) is 4.99 Å². The van der Waals surface area contributed by atoms with Gasteiger partial charge in [-0.2, -0.15) is 0 Å². The van der Waals surface area contributed by atoms with Crippen molar-refractivity contribution >= 4 is 41.3 Å². The molecule has 0 aliphatic carbocycles. The van der Waals surface area contributed by atoms with Gasteiger partial charge in [-0.1, -0.05) is 0 Å². The van der Waals surface area contributed by atoms with Crippen LogP contribution in [-0.2, 0) is 6.54 Å². The number of thiazole rings is 1. The molecular formula is C18H27IN4O2S. The highest BCUT2D eigenvalue weighted by molar-refractivity contribution is 14.0. The molecule has 2 rings (SSSR count). The predicted molar refractivity (Wildman–Crippen MR) is 118 cm³/mol. The highest BCUT2D eigenvalue weighted by atomic mass is 127. The second-order valence-electron chi connectivity index (χ2n) is 5.59. The summed E-state index contributed by atoms with van der Waals surface area (Å²) in [7, 11) is 5.43. The fraction of sp³-hybridized carbons (Fsp3) is 0.444. The van der Waals surface area contributed by atoms with Crippen molar-refractivity contribution in [3.63, 3.8) is 0 Å². The second-order valence-corrected chi connectivity index (χ2v) is 6.88. The lowest BCUT2D eigenvalue weighted by Gasteiger charge is -2.22. The van der Waals surface area contributed by atoms with E-state index in [0.29, 0.717) is 6.61 Å². The summed E-state index contributed by atoms with van der Waals surface area (Å²) in [5.41, 5.74) is 1.08. The van der Waals surface area contributed by atoms with E-state index in [0.717, 1.165) is 41.2 Å². The molecule has 0 radical (unpaired) electrons. The molecule has 0 spiro atoms. The minimum absolute atomic E-state index is 0. The number of likely N-dealkylation sites (N-methyl/N-ethyl adjacent to an activating group) is 1. The van der Waals surface area contributed by atoms with Crippen molar-refractivity contribution < 1.29 is 9.47 Å². The van der Waals surface area contributed by atoms with E-state index in [-0.39, 0.29) is 24.0 Å². The number of rotatable bonds is 7. The molecule has 1 N–H and O–H groups in total. The molecule has 1 aromatic carbocycles. The lowest BCUT2D eigenvalue weighted by molar-refractivity contribution is 0.281. The van der Waals surface area contributed by atoms with Crippen molar-refractivity contribution in [2.45, 2.75) is 20.4 Å². The topological polar surface area (TPSA) is 59.0 Å². The SMILES string of the molecule is CN=C(NCc1sc(C)nc1C)N(C)CCOc1ccc(OC)cc1.I. The van der Waals surface area contributed by atoms with Crippen molar-refractivity contribution in [1.82, 2.24) is 15.2 Å². The Morgan fingerprint density at radius 1 is 1.23 bits per heavy atom. The first-order chi connectivity index (χ1) is 12.0. The summed E-state index contributed by atoms with van der Waals surface area (Å²) in [4.78, 5) is 12.1. The Morgan fingerprint density at radius 3 is 2.42 bits per heavy atom. The third-order valence-corrected chi connectivity index (χ3v) is 4.81. The van der Waals surface area contributed by atoms with Gasteiger partial charge in [0.15, 0.2) is 5.96 Å². The number of methoxy groups -OCH3 is 1. The average Bonchev–Trinajstić information content (AvgIpc) is 2.93. The van der Waals surface area contributed by atoms with Crippen LogP contribution < -0.4 is 14.8 Å². The molecular weight excluding hydrogens is 463 g/mol. The normalized spacial score (nSPS) is 10.9. The molecule has 0 fully saturated rings. The van der Waals surface area contributed by atoms with Gasteiger partial charge in [0, 0.05) is 19.0 Å². The van der Waals surface area contributed by atoms with E-state index in [1.165, 1.54) is 4.88 Å². The highest BCUT2D eigenvalue weighted by Crippen LogP contribution is 2.17. The van der Waals surface area contributed by atoms with Gasteiger partial charge in [-0.15, -0.1) is 35.3 Å². The van der Waals surface area contributed by atoms with Crippen molar-refractivity contribution in [2.75, 3.05) is 34.4 Å². The Labute approximate surface area is 176 Å². The number of aliphatic imine (C=N–C) groups is 1. The van der Waals surface area contributed by atoms with E-state index < -0.39 is 0 Å². The quantitative estimate of drug-likeness (QED) is 0.366. The third kappa shape index (κ3) is 6.64. The lowest BCUT2D eigenvalue weighted by atomic mass is 10.3. The number of hydrogen-bond donors (Lipinski definition) is 1. The minimum atomic E-state index is 0. The van der Waals surface area contributed by atoms with Gasteiger partial charge in [-0.25, -0.2) is 4.98 Å². The van der Waals surface area contributed by atoms with Gasteiger partial charge >= 0.3 is 0 Å². The first kappa shape index (κ1) is 22.5. The van der Waals surface area contributed by atoms with Gasteiger partial charge in [0.25, 0.3) is 0 Å². The molecule has 0 amide bonds. The largest absolute Gasteiger partial charge is 0.497 e. The van der Waals surface area contributed by atoms with Crippen LogP contribution in [0, 0.1) is 13.8 Å². The molecule has 144 valence electrons. The van der Waals surface area contributed by atoms with Crippen LogP contribution in [0.3, 0.4) is 0 Å². The maximum Gasteiger partial charge on any atom is 0.193 e. The van der Waals surface area contributed by atoms with Crippen LogP contribution in [0.15, 0.2) is 29.3 Å². The molecule has 26 heavy (non-hydrogen) atoms. The first-order valence-corrected chi connectivity index (χ1v) is 8.96. The smallest absolute Gasteiger partial charge is 0.193 e. The molecule has 0 saturated heterocycles. The summed E-state index contributed by atoms with van der Waals surface area (Å²) >= 11 is 1.71. The van der Waals surface area contributed by atoms with Crippen LogP contribution >= 0.6 is 35.3 Å². The molecule has 0 saturated carbocycles. The predicted octanol–water partition coefficient (Wildman–Crippen LogP) is 3.47. The number of hydrogen-bond acceptors (Lipinski definition) is 5. The van der Waals surface area contributed by atoms with Crippen LogP contribution in [0.5, 0.6) is 11.5 Å². The van der Waals surface area contributed by atoms with Crippen LogP contribution in [-0.4, -0.2) is 50.2 Å². The van der Waals surface area contributed by atoms with Crippen molar-refractivity contribution in [3.8, 4) is 11.5 Å². The zero-order valence-corrected chi connectivity index (χ0v) is 19.1. The zero-order chi connectivity index (χ0) is 18.2. The Hall–Kier alpha value is -1.55. The fourth-order valence-electron chi connectivity index (χ4n) is 2.36. The highest BCUT2D eigenvalue weighted by Gasteiger charge is 2.09. The average molecular weight is 490 g/mol. The Balaban J connectivity index is 0.00000338. The number of guanidine groups is 1. The van der Waals surface area contributed by atoms with Gasteiger partial charge in [0.2, 0.25) is 0 Å². The summed E-state index contributed by atoms with van der Waals surface area (Å²) < 4.78 is 10.9. The molecule has 0 unspecified atom stereocenters. The fourth-order valence-corrected chi connectivity index (χ4v) is 3.24. The number of halogens is 1. The molecule has 1 aromatic heterocycles. The minimum Gasteiger partial charge on any atom is -0.497 e. The number of aromatic nitrogens is 1. The molecule has 0 aliphatic heterocycles. The van der Waals surface area contributed by atoms with E-state index in [2.05, 4.69) is 15.3 Å². The summed E-state index contributed by atoms with van der Waals surface area (Å²) in [6.45, 7) is 6.09. The summed E-state index contributed by atoms with van der Waals surface area (Å²) in [5, 5.41) is 4.47. The van der Waals surface area contributed by atoms with E-state index in [1.807, 2.05) is 50.1 Å². The maximum atomic E-state index is 5.77. The van der Waals surface area contributed by atoms with Crippen molar-refractivity contribution in [2.24, 2.45) is 4.99 Å². The standard InChI is InChI=1S/C18H26N4O2S.HI/c1-13-17(25-14(2)21-13)12-20-18(19-3)22(4)10-11-24-16-8-6-15(23-5)7-9-16;/h6-9H,10-12H2,1-5H3,(H,19,20);1H. The number of benzene rings is 1. The zero-order valence-electron chi connectivity index (χ0n) is 15.9. The van der Waals surface area contributed by atoms with E-state index in [4.69, 9.17) is 9.47 Å². The van der Waals surface area contributed by atoms with Crippen LogP contribution in [0.25, 0.3) is 0 Å². The molecule has 2 aromatic rings. The van der Waals surface area contributed by atoms with Crippen LogP contribution in [0.2, 0.25) is 0 Å². The molecule has 1 heterocycles. The summed E-state index contributed by atoms with van der Waals surface area (Å²) in [5.74, 6) is 2.49. The van der Waals surface area contributed by atoms with E-state index in [1.54, 1.807) is 25.5 Å². The molecule has 0 atom stereocenters. The van der Waals surface area contributed by atoms with Gasteiger partial charge in [-0.05, 0) is 38.1 Å². The monoisotopic (exact) mass is 490 g/mol. The summed E-state index contributed by atoms with van der Waals surface area (Å²) in [6.07, 6.45) is 0. The van der Waals surface area contributed by atoms with Crippen molar-refractivity contribution in [3.05, 3.63) is 39.8 Å². The van der Waals surface area contributed by atoms with Gasteiger partial charge < -0.3 is 19.7 Å². The third-order valence-electron chi connectivity index (χ3n) is 3.73. The van der Waals surface area contributed by atoms with Crippen LogP contribution in [0.4, 0.5) is 0 Å². The molecule has 0 aliphatic rings. The van der Waals surface area contributed by atoms with Crippen molar-refractivity contribution in [1.29, 1.82) is 0 Å².